The van der Waals surface area contributed by atoms with Crippen LogP contribution < -0.4 is 0 Å². The summed E-state index contributed by atoms with van der Waals surface area (Å²) in [6, 6.07) is 0.400. The van der Waals surface area contributed by atoms with Crippen LogP contribution >= 0.6 is 0 Å². The Kier molecular flexibility index (Phi) is 3.34. The van der Waals surface area contributed by atoms with Crippen molar-refractivity contribution in [2.45, 2.75) is 44.2 Å². The summed E-state index contributed by atoms with van der Waals surface area (Å²) in [4.78, 5) is 2.15. The summed E-state index contributed by atoms with van der Waals surface area (Å²) in [6.07, 6.45) is 5.83. The molecule has 1 saturated carbocycles. The van der Waals surface area contributed by atoms with Crippen molar-refractivity contribution in [2.24, 2.45) is 0 Å². The zero-order valence-electron chi connectivity index (χ0n) is 7.58. The van der Waals surface area contributed by atoms with Crippen LogP contribution in [0, 0.1) is 0 Å². The molecule has 0 aliphatic heterocycles. The van der Waals surface area contributed by atoms with Gasteiger partial charge in [-0.15, -0.1) is 0 Å². The van der Waals surface area contributed by atoms with E-state index in [1.165, 1.54) is 19.3 Å². The predicted molar refractivity (Wildman–Crippen MR) is 46.6 cm³/mol. The highest BCUT2D eigenvalue weighted by Crippen LogP contribution is 2.20. The standard InChI is InChI=1S/C9H19NO/c1-10(2)8-6-4-3-5-7-9(8)11/h8-9,11H,3-7H2,1-2H3/t8-,9+/m1/s1. The maximum absolute atomic E-state index is 9.68. The smallest absolute Gasteiger partial charge is 0.0695 e. The average Bonchev–Trinajstić information content (AvgIpc) is 2.13. The zero-order valence-corrected chi connectivity index (χ0v) is 7.58. The molecule has 0 spiro atoms. The minimum atomic E-state index is -0.0903. The first-order valence-electron chi connectivity index (χ1n) is 4.56. The van der Waals surface area contributed by atoms with Crippen LogP contribution in [0.2, 0.25) is 0 Å². The maximum atomic E-state index is 9.68. The molecule has 0 radical (unpaired) electrons. The van der Waals surface area contributed by atoms with Crippen LogP contribution in [0.25, 0.3) is 0 Å². The van der Waals surface area contributed by atoms with Crippen LogP contribution in [0.15, 0.2) is 0 Å². The van der Waals surface area contributed by atoms with Crippen LogP contribution in [0.3, 0.4) is 0 Å². The third-order valence-corrected chi connectivity index (χ3v) is 2.61. The molecule has 1 aliphatic carbocycles. The summed E-state index contributed by atoms with van der Waals surface area (Å²) in [5.74, 6) is 0. The van der Waals surface area contributed by atoms with E-state index in [1.807, 2.05) is 0 Å². The first kappa shape index (κ1) is 9.01. The van der Waals surface area contributed by atoms with Gasteiger partial charge in [0.05, 0.1) is 6.10 Å². The Morgan fingerprint density at radius 1 is 1.09 bits per heavy atom. The van der Waals surface area contributed by atoms with Crippen molar-refractivity contribution >= 4 is 0 Å². The van der Waals surface area contributed by atoms with Gasteiger partial charge < -0.3 is 10.0 Å². The number of aliphatic hydroxyl groups excluding tert-OH is 1. The van der Waals surface area contributed by atoms with E-state index >= 15 is 0 Å². The molecule has 0 aromatic carbocycles. The van der Waals surface area contributed by atoms with Crippen molar-refractivity contribution in [1.29, 1.82) is 0 Å². The topological polar surface area (TPSA) is 23.5 Å². The molecule has 2 nitrogen and oxygen atoms in total. The number of rotatable bonds is 1. The average molecular weight is 157 g/mol. The highest BCUT2D eigenvalue weighted by molar-refractivity contribution is 4.78. The molecule has 0 heterocycles. The molecular weight excluding hydrogens is 138 g/mol. The molecule has 0 aromatic rings. The minimum absolute atomic E-state index is 0.0903. The van der Waals surface area contributed by atoms with E-state index in [2.05, 4.69) is 19.0 Å². The molecule has 1 N–H and O–H groups in total. The Morgan fingerprint density at radius 3 is 2.36 bits per heavy atom. The van der Waals surface area contributed by atoms with E-state index in [0.29, 0.717) is 6.04 Å². The van der Waals surface area contributed by atoms with Crippen LogP contribution in [0.4, 0.5) is 0 Å². The fourth-order valence-electron chi connectivity index (χ4n) is 1.87. The number of likely N-dealkylation sites (N-methyl/N-ethyl adjacent to an activating group) is 1. The fraction of sp³-hybridized carbons (Fsp3) is 1.00. The lowest BCUT2D eigenvalue weighted by Crippen LogP contribution is -2.37. The van der Waals surface area contributed by atoms with Crippen molar-refractivity contribution in [3.05, 3.63) is 0 Å². The molecule has 1 fully saturated rings. The van der Waals surface area contributed by atoms with Gasteiger partial charge in [0, 0.05) is 6.04 Å². The number of hydrogen-bond acceptors (Lipinski definition) is 2. The Balaban J connectivity index is 2.45. The zero-order chi connectivity index (χ0) is 8.27. The molecule has 2 heteroatoms. The quantitative estimate of drug-likeness (QED) is 0.579. The predicted octanol–water partition coefficient (Wildman–Crippen LogP) is 1.24. The Hall–Kier alpha value is -0.0800. The number of nitrogens with zero attached hydrogens (tertiary/aromatic N) is 1. The highest BCUT2D eigenvalue weighted by atomic mass is 16.3. The Bertz CT molecular complexity index is 114. The second-order valence-electron chi connectivity index (χ2n) is 3.74. The Labute approximate surface area is 69.2 Å². The van der Waals surface area contributed by atoms with Gasteiger partial charge >= 0.3 is 0 Å². The van der Waals surface area contributed by atoms with Crippen LogP contribution in [-0.4, -0.2) is 36.2 Å². The Morgan fingerprint density at radius 2 is 1.73 bits per heavy atom. The SMILES string of the molecule is CN(C)[C@@H]1CCCCC[C@@H]1O. The summed E-state index contributed by atoms with van der Waals surface area (Å²) < 4.78 is 0. The van der Waals surface area contributed by atoms with E-state index in [9.17, 15) is 5.11 Å². The lowest BCUT2D eigenvalue weighted by molar-refractivity contribution is 0.0707. The fourth-order valence-corrected chi connectivity index (χ4v) is 1.87. The lowest BCUT2D eigenvalue weighted by atomic mass is 10.1. The molecule has 2 atom stereocenters. The third kappa shape index (κ3) is 2.46. The summed E-state index contributed by atoms with van der Waals surface area (Å²) in [5, 5.41) is 9.68. The second-order valence-corrected chi connectivity index (χ2v) is 3.74. The molecule has 0 aromatic heterocycles. The van der Waals surface area contributed by atoms with Crippen LogP contribution in [0.5, 0.6) is 0 Å². The van der Waals surface area contributed by atoms with Gasteiger partial charge in [-0.3, -0.25) is 0 Å². The second kappa shape index (κ2) is 4.07. The van der Waals surface area contributed by atoms with Gasteiger partial charge in [0.1, 0.15) is 0 Å². The van der Waals surface area contributed by atoms with Gasteiger partial charge in [0.2, 0.25) is 0 Å². The van der Waals surface area contributed by atoms with Crippen molar-refractivity contribution in [3.63, 3.8) is 0 Å². The van der Waals surface area contributed by atoms with E-state index < -0.39 is 0 Å². The minimum Gasteiger partial charge on any atom is -0.391 e. The summed E-state index contributed by atoms with van der Waals surface area (Å²) in [6.45, 7) is 0. The van der Waals surface area contributed by atoms with Crippen molar-refractivity contribution in [1.82, 2.24) is 4.90 Å². The van der Waals surface area contributed by atoms with Crippen molar-refractivity contribution < 1.29 is 5.11 Å². The van der Waals surface area contributed by atoms with Gasteiger partial charge in [-0.25, -0.2) is 0 Å². The monoisotopic (exact) mass is 157 g/mol. The molecular formula is C9H19NO. The van der Waals surface area contributed by atoms with Gasteiger partial charge in [-0.1, -0.05) is 19.3 Å². The molecule has 11 heavy (non-hydrogen) atoms. The van der Waals surface area contributed by atoms with Gasteiger partial charge in [-0.2, -0.15) is 0 Å². The first-order chi connectivity index (χ1) is 5.22. The summed E-state index contributed by atoms with van der Waals surface area (Å²) >= 11 is 0. The van der Waals surface area contributed by atoms with Gasteiger partial charge in [0.25, 0.3) is 0 Å². The lowest BCUT2D eigenvalue weighted by Gasteiger charge is -2.26. The summed E-state index contributed by atoms with van der Waals surface area (Å²) in [7, 11) is 4.11. The molecule has 0 unspecified atom stereocenters. The maximum Gasteiger partial charge on any atom is 0.0695 e. The third-order valence-electron chi connectivity index (χ3n) is 2.61. The molecule has 1 aliphatic rings. The molecule has 0 saturated heterocycles. The van der Waals surface area contributed by atoms with Crippen molar-refractivity contribution in [3.8, 4) is 0 Å². The number of hydrogen-bond donors (Lipinski definition) is 1. The summed E-state index contributed by atoms with van der Waals surface area (Å²) in [5.41, 5.74) is 0. The van der Waals surface area contributed by atoms with E-state index in [-0.39, 0.29) is 6.10 Å². The molecule has 1 rings (SSSR count). The normalized spacial score (nSPS) is 33.8. The molecule has 0 bridgehead atoms. The number of aliphatic hydroxyl groups is 1. The largest absolute Gasteiger partial charge is 0.391 e. The van der Waals surface area contributed by atoms with E-state index in [4.69, 9.17) is 0 Å². The van der Waals surface area contributed by atoms with Crippen LogP contribution in [0.1, 0.15) is 32.1 Å². The van der Waals surface area contributed by atoms with Crippen LogP contribution in [-0.2, 0) is 0 Å². The van der Waals surface area contributed by atoms with Gasteiger partial charge in [-0.05, 0) is 26.9 Å². The molecule has 0 amide bonds. The van der Waals surface area contributed by atoms with Crippen molar-refractivity contribution in [2.75, 3.05) is 14.1 Å². The van der Waals surface area contributed by atoms with E-state index in [1.54, 1.807) is 0 Å². The first-order valence-corrected chi connectivity index (χ1v) is 4.56. The molecule has 66 valence electrons. The highest BCUT2D eigenvalue weighted by Gasteiger charge is 2.22. The van der Waals surface area contributed by atoms with E-state index in [0.717, 1.165) is 12.8 Å². The van der Waals surface area contributed by atoms with Gasteiger partial charge in [0.15, 0.2) is 0 Å².